The lowest BCUT2D eigenvalue weighted by molar-refractivity contribution is 0.0935. The minimum atomic E-state index is -0.0554. The van der Waals surface area contributed by atoms with E-state index in [1.54, 1.807) is 12.1 Å². The molecule has 0 radical (unpaired) electrons. The summed E-state index contributed by atoms with van der Waals surface area (Å²) >= 11 is 0. The maximum absolute atomic E-state index is 12.1. The van der Waals surface area contributed by atoms with Crippen LogP contribution >= 0.6 is 0 Å². The molecule has 1 aromatic carbocycles. The second-order valence-corrected chi connectivity index (χ2v) is 6.11. The Balaban J connectivity index is 2.47. The van der Waals surface area contributed by atoms with Gasteiger partial charge in [-0.15, -0.1) is 0 Å². The first-order valence-corrected chi connectivity index (χ1v) is 7.69. The smallest absolute Gasteiger partial charge is 0.251 e. The van der Waals surface area contributed by atoms with E-state index in [9.17, 15) is 4.79 Å². The normalized spacial score (nSPS) is 11.2. The third-order valence-electron chi connectivity index (χ3n) is 3.43. The van der Waals surface area contributed by atoms with E-state index in [4.69, 9.17) is 10.5 Å². The van der Waals surface area contributed by atoms with Gasteiger partial charge in [0.25, 0.3) is 5.91 Å². The van der Waals surface area contributed by atoms with Gasteiger partial charge in [-0.1, -0.05) is 27.2 Å². The number of benzene rings is 1. The first kappa shape index (κ1) is 17.5. The highest BCUT2D eigenvalue weighted by Gasteiger charge is 2.18. The molecule has 0 unspecified atom stereocenters. The second-order valence-electron chi connectivity index (χ2n) is 6.11. The van der Waals surface area contributed by atoms with Gasteiger partial charge >= 0.3 is 0 Å². The topological polar surface area (TPSA) is 64.3 Å². The molecule has 0 heterocycles. The first-order chi connectivity index (χ1) is 9.98. The Hall–Kier alpha value is -1.55. The van der Waals surface area contributed by atoms with Crippen LogP contribution in [0.3, 0.4) is 0 Å². The molecule has 118 valence electrons. The van der Waals surface area contributed by atoms with E-state index in [-0.39, 0.29) is 11.3 Å². The van der Waals surface area contributed by atoms with Gasteiger partial charge in [0, 0.05) is 12.1 Å². The van der Waals surface area contributed by atoms with E-state index in [0.717, 1.165) is 31.6 Å². The summed E-state index contributed by atoms with van der Waals surface area (Å²) < 4.78 is 5.58. The third kappa shape index (κ3) is 6.63. The number of nitrogens with two attached hydrogens (primary N) is 1. The summed E-state index contributed by atoms with van der Waals surface area (Å²) in [6.45, 7) is 8.30. The number of hydrogen-bond donors (Lipinski definition) is 2. The number of nitrogens with one attached hydrogen (secondary N) is 1. The Morgan fingerprint density at radius 3 is 2.52 bits per heavy atom. The van der Waals surface area contributed by atoms with Crippen LogP contribution in [0.2, 0.25) is 0 Å². The summed E-state index contributed by atoms with van der Waals surface area (Å²) in [5, 5.41) is 2.96. The lowest BCUT2D eigenvalue weighted by Gasteiger charge is -2.24. The van der Waals surface area contributed by atoms with Crippen molar-refractivity contribution in [3.05, 3.63) is 29.8 Å². The summed E-state index contributed by atoms with van der Waals surface area (Å²) in [6, 6.07) is 7.28. The van der Waals surface area contributed by atoms with E-state index in [2.05, 4.69) is 26.1 Å². The summed E-state index contributed by atoms with van der Waals surface area (Å²) in [6.07, 6.45) is 3.04. The average molecular weight is 292 g/mol. The molecular formula is C17H28N2O2. The molecule has 0 saturated heterocycles. The quantitative estimate of drug-likeness (QED) is 0.688. The number of ether oxygens (including phenoxy) is 1. The lowest BCUT2D eigenvalue weighted by Crippen LogP contribution is -2.35. The van der Waals surface area contributed by atoms with E-state index >= 15 is 0 Å². The van der Waals surface area contributed by atoms with E-state index in [1.165, 1.54) is 0 Å². The number of carbonyl (C=O) groups is 1. The van der Waals surface area contributed by atoms with Gasteiger partial charge in [0.15, 0.2) is 0 Å². The number of hydrogen-bond acceptors (Lipinski definition) is 3. The molecule has 1 amide bonds. The Bertz CT molecular complexity index is 427. The fourth-order valence-corrected chi connectivity index (χ4v) is 1.94. The first-order valence-electron chi connectivity index (χ1n) is 7.69. The van der Waals surface area contributed by atoms with Crippen molar-refractivity contribution in [3.63, 3.8) is 0 Å². The molecule has 3 N–H and O–H groups in total. The van der Waals surface area contributed by atoms with Gasteiger partial charge < -0.3 is 15.8 Å². The van der Waals surface area contributed by atoms with Crippen LogP contribution in [0.25, 0.3) is 0 Å². The Morgan fingerprint density at radius 1 is 1.29 bits per heavy atom. The maximum atomic E-state index is 12.1. The highest BCUT2D eigenvalue weighted by molar-refractivity contribution is 5.94. The Morgan fingerprint density at radius 2 is 1.95 bits per heavy atom. The van der Waals surface area contributed by atoms with Crippen LogP contribution < -0.4 is 15.8 Å². The molecule has 0 atom stereocenters. The predicted molar refractivity (Wildman–Crippen MR) is 86.6 cm³/mol. The van der Waals surface area contributed by atoms with Crippen LogP contribution in [0.1, 0.15) is 50.4 Å². The fourth-order valence-electron chi connectivity index (χ4n) is 1.94. The minimum absolute atomic E-state index is 0.0214. The van der Waals surface area contributed by atoms with Crippen molar-refractivity contribution in [1.29, 1.82) is 0 Å². The number of amides is 1. The van der Waals surface area contributed by atoms with E-state index in [0.29, 0.717) is 18.7 Å². The molecule has 4 heteroatoms. The standard InChI is InChI=1S/C17H28N2O2/c1-4-5-12-21-15-8-6-14(7-9-15)16(20)19-13-17(2,3)10-11-18/h6-9H,4-5,10-13,18H2,1-3H3,(H,19,20). The SMILES string of the molecule is CCCCOc1ccc(C(=O)NCC(C)(C)CCN)cc1. The van der Waals surface area contributed by atoms with E-state index in [1.807, 2.05) is 12.1 Å². The third-order valence-corrected chi connectivity index (χ3v) is 3.43. The summed E-state index contributed by atoms with van der Waals surface area (Å²) in [5.74, 6) is 0.753. The molecule has 0 spiro atoms. The molecule has 0 aromatic heterocycles. The molecular weight excluding hydrogens is 264 g/mol. The molecule has 4 nitrogen and oxygen atoms in total. The monoisotopic (exact) mass is 292 g/mol. The Labute approximate surface area is 128 Å². The molecule has 0 saturated carbocycles. The van der Waals surface area contributed by atoms with Crippen LogP contribution in [-0.2, 0) is 0 Å². The molecule has 0 aliphatic heterocycles. The van der Waals surface area contributed by atoms with Gasteiger partial charge in [-0.25, -0.2) is 0 Å². The summed E-state index contributed by atoms with van der Waals surface area (Å²) in [5.41, 5.74) is 6.25. The van der Waals surface area contributed by atoms with Gasteiger partial charge in [0.05, 0.1) is 6.61 Å². The van der Waals surface area contributed by atoms with Crippen molar-refractivity contribution in [3.8, 4) is 5.75 Å². The molecule has 0 fully saturated rings. The van der Waals surface area contributed by atoms with Gasteiger partial charge in [0.2, 0.25) is 0 Å². The number of unbranched alkanes of at least 4 members (excludes halogenated alkanes) is 1. The van der Waals surface area contributed by atoms with Crippen molar-refractivity contribution in [2.75, 3.05) is 19.7 Å². The molecule has 21 heavy (non-hydrogen) atoms. The summed E-state index contributed by atoms with van der Waals surface area (Å²) in [7, 11) is 0. The van der Waals surface area contributed by atoms with Gasteiger partial charge in [-0.05, 0) is 49.1 Å². The fraction of sp³-hybridized carbons (Fsp3) is 0.588. The van der Waals surface area contributed by atoms with Crippen molar-refractivity contribution >= 4 is 5.91 Å². The second kappa shape index (κ2) is 8.67. The zero-order chi connectivity index (χ0) is 15.7. The largest absolute Gasteiger partial charge is 0.494 e. The Kier molecular flexibility index (Phi) is 7.23. The van der Waals surface area contributed by atoms with Crippen LogP contribution in [0.4, 0.5) is 0 Å². The summed E-state index contributed by atoms with van der Waals surface area (Å²) in [4.78, 5) is 12.1. The molecule has 0 bridgehead atoms. The van der Waals surface area contributed by atoms with Crippen molar-refractivity contribution in [1.82, 2.24) is 5.32 Å². The zero-order valence-corrected chi connectivity index (χ0v) is 13.4. The van der Waals surface area contributed by atoms with Crippen molar-refractivity contribution in [2.24, 2.45) is 11.1 Å². The predicted octanol–water partition coefficient (Wildman–Crippen LogP) is 2.97. The molecule has 1 rings (SSSR count). The number of rotatable bonds is 9. The van der Waals surface area contributed by atoms with Crippen molar-refractivity contribution in [2.45, 2.75) is 40.0 Å². The lowest BCUT2D eigenvalue weighted by atomic mass is 9.89. The van der Waals surface area contributed by atoms with E-state index < -0.39 is 0 Å². The van der Waals surface area contributed by atoms with Gasteiger partial charge in [-0.2, -0.15) is 0 Å². The van der Waals surface area contributed by atoms with Gasteiger partial charge in [0.1, 0.15) is 5.75 Å². The van der Waals surface area contributed by atoms with Crippen LogP contribution in [0.15, 0.2) is 24.3 Å². The molecule has 0 aliphatic carbocycles. The highest BCUT2D eigenvalue weighted by Crippen LogP contribution is 2.18. The van der Waals surface area contributed by atoms with Crippen LogP contribution in [0.5, 0.6) is 5.75 Å². The maximum Gasteiger partial charge on any atom is 0.251 e. The van der Waals surface area contributed by atoms with Gasteiger partial charge in [-0.3, -0.25) is 4.79 Å². The highest BCUT2D eigenvalue weighted by atomic mass is 16.5. The van der Waals surface area contributed by atoms with Crippen molar-refractivity contribution < 1.29 is 9.53 Å². The van der Waals surface area contributed by atoms with Crippen LogP contribution in [-0.4, -0.2) is 25.6 Å². The average Bonchev–Trinajstić information content (AvgIpc) is 2.46. The molecule has 1 aromatic rings. The zero-order valence-electron chi connectivity index (χ0n) is 13.4. The molecule has 0 aliphatic rings. The minimum Gasteiger partial charge on any atom is -0.494 e. The number of carbonyl (C=O) groups excluding carboxylic acids is 1. The van der Waals surface area contributed by atoms with Crippen LogP contribution in [0, 0.1) is 5.41 Å².